The largest absolute Gasteiger partial charge is 0.490 e. The van der Waals surface area contributed by atoms with Gasteiger partial charge in [-0.05, 0) is 24.3 Å². The number of hydrogen-bond acceptors (Lipinski definition) is 5. The lowest BCUT2D eigenvalue weighted by Gasteiger charge is -2.07. The van der Waals surface area contributed by atoms with Crippen molar-refractivity contribution in [2.45, 2.75) is 0 Å². The molecule has 9 nitrogen and oxygen atoms in total. The number of nitro benzene ring substituents is 1. The molecule has 0 atom stereocenters. The van der Waals surface area contributed by atoms with Crippen LogP contribution in [0.5, 0.6) is 5.75 Å². The van der Waals surface area contributed by atoms with Crippen molar-refractivity contribution in [1.82, 2.24) is 15.8 Å². The standard InChI is InChI=1S/C13H12N4O5/c1-22-11-5-4-8(7-10(11)17(20)21)12(18)15-16-13(19)9-3-2-6-14-9/h2-7,14H,1H3,(H,15,18)(H,16,19). The van der Waals surface area contributed by atoms with Crippen molar-refractivity contribution in [3.63, 3.8) is 0 Å². The number of ether oxygens (including phenoxy) is 1. The van der Waals surface area contributed by atoms with Crippen molar-refractivity contribution >= 4 is 17.5 Å². The normalized spacial score (nSPS) is 9.86. The van der Waals surface area contributed by atoms with Gasteiger partial charge in [-0.15, -0.1) is 0 Å². The number of carbonyl (C=O) groups is 2. The van der Waals surface area contributed by atoms with Crippen molar-refractivity contribution < 1.29 is 19.2 Å². The van der Waals surface area contributed by atoms with Crippen LogP contribution in [0.1, 0.15) is 20.8 Å². The van der Waals surface area contributed by atoms with Crippen LogP contribution < -0.4 is 15.6 Å². The lowest BCUT2D eigenvalue weighted by atomic mass is 10.2. The maximum Gasteiger partial charge on any atom is 0.311 e. The van der Waals surface area contributed by atoms with Gasteiger partial charge in [-0.2, -0.15) is 0 Å². The average Bonchev–Trinajstić information content (AvgIpc) is 3.06. The highest BCUT2D eigenvalue weighted by Crippen LogP contribution is 2.27. The van der Waals surface area contributed by atoms with Gasteiger partial charge in [-0.3, -0.25) is 30.6 Å². The SMILES string of the molecule is COc1ccc(C(=O)NNC(=O)c2ccc[nH]2)cc1[N+](=O)[O-]. The molecule has 2 aromatic rings. The number of hydrazine groups is 1. The number of benzene rings is 1. The van der Waals surface area contributed by atoms with Crippen LogP contribution in [0.3, 0.4) is 0 Å². The number of carbonyl (C=O) groups excluding carboxylic acids is 2. The van der Waals surface area contributed by atoms with Crippen molar-refractivity contribution in [3.8, 4) is 5.75 Å². The fourth-order valence-electron chi connectivity index (χ4n) is 1.70. The first-order valence-corrected chi connectivity index (χ1v) is 6.09. The summed E-state index contributed by atoms with van der Waals surface area (Å²) in [6, 6.07) is 6.88. The molecule has 0 spiro atoms. The Hall–Kier alpha value is -3.36. The maximum atomic E-state index is 11.9. The van der Waals surface area contributed by atoms with Crippen LogP contribution in [0.15, 0.2) is 36.5 Å². The van der Waals surface area contributed by atoms with Gasteiger partial charge in [0.25, 0.3) is 11.8 Å². The molecule has 1 heterocycles. The van der Waals surface area contributed by atoms with E-state index in [0.717, 1.165) is 6.07 Å². The lowest BCUT2D eigenvalue weighted by Crippen LogP contribution is -2.41. The molecule has 2 amide bonds. The van der Waals surface area contributed by atoms with Gasteiger partial charge in [0.15, 0.2) is 5.75 Å². The van der Waals surface area contributed by atoms with Gasteiger partial charge in [0.05, 0.1) is 12.0 Å². The Labute approximate surface area is 124 Å². The van der Waals surface area contributed by atoms with E-state index in [9.17, 15) is 19.7 Å². The average molecular weight is 304 g/mol. The molecule has 22 heavy (non-hydrogen) atoms. The summed E-state index contributed by atoms with van der Waals surface area (Å²) in [5.41, 5.74) is 4.29. The molecular formula is C13H12N4O5. The molecule has 0 bridgehead atoms. The summed E-state index contributed by atoms with van der Waals surface area (Å²) in [4.78, 5) is 36.4. The molecule has 114 valence electrons. The number of H-pyrrole nitrogens is 1. The first kappa shape index (κ1) is 15.0. The van der Waals surface area contributed by atoms with Crippen LogP contribution in [-0.4, -0.2) is 28.8 Å². The van der Waals surface area contributed by atoms with Crippen LogP contribution >= 0.6 is 0 Å². The second-order valence-corrected chi connectivity index (χ2v) is 4.14. The van der Waals surface area contributed by atoms with Gasteiger partial charge < -0.3 is 9.72 Å². The summed E-state index contributed by atoms with van der Waals surface area (Å²) in [5.74, 6) is -1.19. The van der Waals surface area contributed by atoms with E-state index in [-0.39, 0.29) is 22.7 Å². The number of hydrogen-bond donors (Lipinski definition) is 3. The Kier molecular flexibility index (Phi) is 4.37. The first-order chi connectivity index (χ1) is 10.5. The molecular weight excluding hydrogens is 292 g/mol. The van der Waals surface area contributed by atoms with Crippen molar-refractivity contribution in [2.75, 3.05) is 7.11 Å². The predicted molar refractivity (Wildman–Crippen MR) is 75.4 cm³/mol. The van der Waals surface area contributed by atoms with E-state index >= 15 is 0 Å². The number of nitrogens with zero attached hydrogens (tertiary/aromatic N) is 1. The highest BCUT2D eigenvalue weighted by Gasteiger charge is 2.18. The Morgan fingerprint density at radius 1 is 1.23 bits per heavy atom. The molecule has 1 aromatic heterocycles. The summed E-state index contributed by atoms with van der Waals surface area (Å²) in [5, 5.41) is 10.9. The van der Waals surface area contributed by atoms with Crippen LogP contribution in [0, 0.1) is 10.1 Å². The molecule has 0 fully saturated rings. The Morgan fingerprint density at radius 2 is 1.95 bits per heavy atom. The van der Waals surface area contributed by atoms with Gasteiger partial charge in [-0.1, -0.05) is 0 Å². The number of methoxy groups -OCH3 is 1. The molecule has 1 aromatic carbocycles. The quantitative estimate of drug-likeness (QED) is 0.574. The maximum absolute atomic E-state index is 11.9. The van der Waals surface area contributed by atoms with Crippen LogP contribution in [0.25, 0.3) is 0 Å². The number of aromatic amines is 1. The summed E-state index contributed by atoms with van der Waals surface area (Å²) >= 11 is 0. The van der Waals surface area contributed by atoms with Gasteiger partial charge in [-0.25, -0.2) is 0 Å². The molecule has 2 rings (SSSR count). The fourth-order valence-corrected chi connectivity index (χ4v) is 1.70. The van der Waals surface area contributed by atoms with Gasteiger partial charge in [0.2, 0.25) is 0 Å². The van der Waals surface area contributed by atoms with E-state index in [1.807, 2.05) is 0 Å². The van der Waals surface area contributed by atoms with Crippen LogP contribution in [0.4, 0.5) is 5.69 Å². The highest BCUT2D eigenvalue weighted by atomic mass is 16.6. The van der Waals surface area contributed by atoms with Gasteiger partial charge >= 0.3 is 5.69 Å². The van der Waals surface area contributed by atoms with E-state index in [1.165, 1.54) is 25.3 Å². The summed E-state index contributed by atoms with van der Waals surface area (Å²) in [7, 11) is 1.29. The topological polar surface area (TPSA) is 126 Å². The van der Waals surface area contributed by atoms with Crippen LogP contribution in [0.2, 0.25) is 0 Å². The zero-order valence-electron chi connectivity index (χ0n) is 11.5. The predicted octanol–water partition coefficient (Wildman–Crippen LogP) is 1.01. The number of rotatable bonds is 4. The molecule has 9 heteroatoms. The molecule has 0 aliphatic carbocycles. The first-order valence-electron chi connectivity index (χ1n) is 6.09. The third kappa shape index (κ3) is 3.20. The van der Waals surface area contributed by atoms with Crippen molar-refractivity contribution in [1.29, 1.82) is 0 Å². The lowest BCUT2D eigenvalue weighted by molar-refractivity contribution is -0.385. The summed E-state index contributed by atoms with van der Waals surface area (Å²) in [6.45, 7) is 0. The monoisotopic (exact) mass is 304 g/mol. The van der Waals surface area contributed by atoms with E-state index in [2.05, 4.69) is 15.8 Å². The number of nitrogens with one attached hydrogen (secondary N) is 3. The zero-order chi connectivity index (χ0) is 16.1. The third-order valence-electron chi connectivity index (χ3n) is 2.77. The van der Waals surface area contributed by atoms with Crippen molar-refractivity contribution in [3.05, 3.63) is 57.9 Å². The van der Waals surface area contributed by atoms with E-state index < -0.39 is 16.7 Å². The Balaban J connectivity index is 2.08. The molecule has 0 radical (unpaired) electrons. The summed E-state index contributed by atoms with van der Waals surface area (Å²) in [6.07, 6.45) is 1.56. The van der Waals surface area contributed by atoms with E-state index in [1.54, 1.807) is 12.3 Å². The third-order valence-corrected chi connectivity index (χ3v) is 2.77. The second-order valence-electron chi connectivity index (χ2n) is 4.14. The van der Waals surface area contributed by atoms with Crippen LogP contribution in [-0.2, 0) is 0 Å². The van der Waals surface area contributed by atoms with Gasteiger partial charge in [0, 0.05) is 17.8 Å². The molecule has 0 saturated carbocycles. The fraction of sp³-hybridized carbons (Fsp3) is 0.0769. The van der Waals surface area contributed by atoms with Gasteiger partial charge in [0.1, 0.15) is 5.69 Å². The number of amides is 2. The zero-order valence-corrected chi connectivity index (χ0v) is 11.5. The number of nitro groups is 1. The highest BCUT2D eigenvalue weighted by molar-refractivity contribution is 5.98. The second kappa shape index (κ2) is 6.39. The minimum atomic E-state index is -0.689. The molecule has 0 aliphatic heterocycles. The van der Waals surface area contributed by atoms with Crippen molar-refractivity contribution in [2.24, 2.45) is 0 Å². The van der Waals surface area contributed by atoms with E-state index in [4.69, 9.17) is 4.74 Å². The molecule has 0 saturated heterocycles. The van der Waals surface area contributed by atoms with E-state index in [0.29, 0.717) is 0 Å². The number of aromatic nitrogens is 1. The Bertz CT molecular complexity index is 711. The Morgan fingerprint density at radius 3 is 2.55 bits per heavy atom. The summed E-state index contributed by atoms with van der Waals surface area (Å²) < 4.78 is 4.84. The smallest absolute Gasteiger partial charge is 0.311 e. The molecule has 3 N–H and O–H groups in total. The minimum absolute atomic E-state index is 0.0132. The molecule has 0 aliphatic rings. The molecule has 0 unspecified atom stereocenters. The minimum Gasteiger partial charge on any atom is -0.490 e.